The molecule has 0 bridgehead atoms. The molecule has 1 aliphatic rings. The summed E-state index contributed by atoms with van der Waals surface area (Å²) in [6.07, 6.45) is 1.28. The number of hydrogen-bond acceptors (Lipinski definition) is 5. The van der Waals surface area contributed by atoms with E-state index in [-0.39, 0.29) is 0 Å². The summed E-state index contributed by atoms with van der Waals surface area (Å²) >= 11 is 1.70. The molecule has 1 unspecified atom stereocenters. The summed E-state index contributed by atoms with van der Waals surface area (Å²) in [5.41, 5.74) is 9.25. The van der Waals surface area contributed by atoms with Gasteiger partial charge in [0.25, 0.3) is 0 Å². The van der Waals surface area contributed by atoms with E-state index in [1.807, 2.05) is 6.92 Å². The number of benzene rings is 1. The predicted molar refractivity (Wildman–Crippen MR) is 87.6 cm³/mol. The smallest absolute Gasteiger partial charge is 0.0907 e. The number of aryl methyl sites for hydroxylation is 1. The Hall–Kier alpha value is -1.33. The topological polar surface area (TPSA) is 45.4 Å². The van der Waals surface area contributed by atoms with Crippen molar-refractivity contribution in [2.24, 2.45) is 5.92 Å². The Bertz CT molecular complexity index is 622. The summed E-state index contributed by atoms with van der Waals surface area (Å²) in [6.45, 7) is 5.49. The number of nitrogens with zero attached hydrogens (tertiary/aromatic N) is 3. The number of nitrogens with two attached hydrogens (primary N) is 1. The molecule has 1 fully saturated rings. The van der Waals surface area contributed by atoms with Crippen molar-refractivity contribution in [3.63, 3.8) is 0 Å². The molecule has 2 aromatic rings. The Balaban J connectivity index is 1.83. The van der Waals surface area contributed by atoms with Crippen LogP contribution in [0.5, 0.6) is 0 Å². The lowest BCUT2D eigenvalue weighted by Crippen LogP contribution is -2.27. The normalized spacial score (nSPS) is 19.9. The largest absolute Gasteiger partial charge is 0.397 e. The molecule has 1 atom stereocenters. The number of aromatic nitrogens is 1. The van der Waals surface area contributed by atoms with Crippen LogP contribution in [-0.4, -0.2) is 43.6 Å². The molecule has 0 spiro atoms. The van der Waals surface area contributed by atoms with Gasteiger partial charge in [-0.3, -0.25) is 0 Å². The van der Waals surface area contributed by atoms with E-state index in [1.54, 1.807) is 11.3 Å². The van der Waals surface area contributed by atoms with Gasteiger partial charge in [-0.05, 0) is 45.0 Å². The molecule has 0 saturated carbocycles. The van der Waals surface area contributed by atoms with E-state index in [0.29, 0.717) is 0 Å². The van der Waals surface area contributed by atoms with Gasteiger partial charge in [0.1, 0.15) is 0 Å². The summed E-state index contributed by atoms with van der Waals surface area (Å²) in [5.74, 6) is 0.734. The van der Waals surface area contributed by atoms with Crippen molar-refractivity contribution in [2.75, 3.05) is 44.4 Å². The van der Waals surface area contributed by atoms with Crippen LogP contribution in [0, 0.1) is 12.8 Å². The molecule has 1 aliphatic heterocycles. The molecular formula is C15H22N4S. The van der Waals surface area contributed by atoms with Gasteiger partial charge in [-0.1, -0.05) is 0 Å². The second kappa shape index (κ2) is 5.22. The van der Waals surface area contributed by atoms with Crippen molar-refractivity contribution >= 4 is 32.9 Å². The van der Waals surface area contributed by atoms with E-state index in [1.165, 1.54) is 24.2 Å². The molecule has 0 aliphatic carbocycles. The zero-order valence-corrected chi connectivity index (χ0v) is 13.2. The summed E-state index contributed by atoms with van der Waals surface area (Å²) < 4.78 is 1.18. The van der Waals surface area contributed by atoms with Crippen molar-refractivity contribution in [2.45, 2.75) is 13.3 Å². The van der Waals surface area contributed by atoms with E-state index in [0.717, 1.165) is 34.4 Å². The lowest BCUT2D eigenvalue weighted by Gasteiger charge is -2.24. The molecule has 108 valence electrons. The molecule has 2 N–H and O–H groups in total. The average Bonchev–Trinajstić information content (AvgIpc) is 2.93. The maximum Gasteiger partial charge on any atom is 0.0907 e. The fourth-order valence-electron chi connectivity index (χ4n) is 3.09. The molecule has 3 rings (SSSR count). The molecule has 1 aromatic carbocycles. The van der Waals surface area contributed by atoms with Crippen LogP contribution in [0.25, 0.3) is 10.2 Å². The Morgan fingerprint density at radius 3 is 3.00 bits per heavy atom. The number of likely N-dealkylation sites (tertiary alicyclic amines) is 1. The highest BCUT2D eigenvalue weighted by Crippen LogP contribution is 2.32. The number of nitrogen functional groups attached to an aromatic ring is 1. The number of hydrogen-bond donors (Lipinski definition) is 1. The second-order valence-corrected chi connectivity index (χ2v) is 7.14. The number of anilines is 2. The lowest BCUT2D eigenvalue weighted by molar-refractivity contribution is 0.396. The van der Waals surface area contributed by atoms with Crippen molar-refractivity contribution in [1.82, 2.24) is 9.88 Å². The van der Waals surface area contributed by atoms with Gasteiger partial charge in [0, 0.05) is 20.1 Å². The molecule has 20 heavy (non-hydrogen) atoms. The van der Waals surface area contributed by atoms with E-state index >= 15 is 0 Å². The fourth-order valence-corrected chi connectivity index (χ4v) is 3.94. The highest BCUT2D eigenvalue weighted by molar-refractivity contribution is 7.18. The van der Waals surface area contributed by atoms with Crippen LogP contribution in [0.3, 0.4) is 0 Å². The minimum absolute atomic E-state index is 0.734. The van der Waals surface area contributed by atoms with Gasteiger partial charge in [-0.2, -0.15) is 0 Å². The first-order valence-electron chi connectivity index (χ1n) is 7.09. The first-order chi connectivity index (χ1) is 9.52. The van der Waals surface area contributed by atoms with Crippen LogP contribution in [-0.2, 0) is 0 Å². The maximum absolute atomic E-state index is 6.23. The van der Waals surface area contributed by atoms with Crippen LogP contribution in [0.2, 0.25) is 0 Å². The predicted octanol–water partition coefficient (Wildman–Crippen LogP) is 2.57. The van der Waals surface area contributed by atoms with Gasteiger partial charge >= 0.3 is 0 Å². The van der Waals surface area contributed by atoms with Gasteiger partial charge in [0.15, 0.2) is 0 Å². The number of rotatable bonds is 3. The van der Waals surface area contributed by atoms with E-state index in [4.69, 9.17) is 5.73 Å². The Kier molecular flexibility index (Phi) is 3.56. The van der Waals surface area contributed by atoms with Gasteiger partial charge < -0.3 is 15.5 Å². The maximum atomic E-state index is 6.23. The van der Waals surface area contributed by atoms with Crippen molar-refractivity contribution < 1.29 is 0 Å². The number of thiazole rings is 1. The molecule has 0 amide bonds. The van der Waals surface area contributed by atoms with E-state index in [2.05, 4.69) is 41.0 Å². The first kappa shape index (κ1) is 13.6. The zero-order chi connectivity index (χ0) is 14.3. The summed E-state index contributed by atoms with van der Waals surface area (Å²) in [7, 11) is 4.33. The Labute approximate surface area is 124 Å². The van der Waals surface area contributed by atoms with Gasteiger partial charge in [-0.25, -0.2) is 4.98 Å². The molecule has 4 nitrogen and oxygen atoms in total. The van der Waals surface area contributed by atoms with Crippen molar-refractivity contribution in [3.05, 3.63) is 17.1 Å². The Morgan fingerprint density at radius 2 is 2.30 bits per heavy atom. The fraction of sp³-hybridized carbons (Fsp3) is 0.533. The van der Waals surface area contributed by atoms with Crippen LogP contribution < -0.4 is 10.6 Å². The van der Waals surface area contributed by atoms with E-state index < -0.39 is 0 Å². The average molecular weight is 290 g/mol. The van der Waals surface area contributed by atoms with Crippen LogP contribution in [0.1, 0.15) is 11.4 Å². The SMILES string of the molecule is Cc1nc2cc(N(C)CC3CCN(C)C3)c(N)cc2s1. The van der Waals surface area contributed by atoms with Gasteiger partial charge in [-0.15, -0.1) is 11.3 Å². The third-order valence-electron chi connectivity index (χ3n) is 4.08. The van der Waals surface area contributed by atoms with Gasteiger partial charge in [0.2, 0.25) is 0 Å². The summed E-state index contributed by atoms with van der Waals surface area (Å²) in [6, 6.07) is 4.19. The molecule has 0 radical (unpaired) electrons. The van der Waals surface area contributed by atoms with Crippen molar-refractivity contribution in [3.8, 4) is 0 Å². The zero-order valence-electron chi connectivity index (χ0n) is 12.4. The highest BCUT2D eigenvalue weighted by atomic mass is 32.1. The van der Waals surface area contributed by atoms with Crippen LogP contribution in [0.15, 0.2) is 12.1 Å². The summed E-state index contributed by atoms with van der Waals surface area (Å²) in [5, 5.41) is 1.09. The van der Waals surface area contributed by atoms with E-state index in [9.17, 15) is 0 Å². The van der Waals surface area contributed by atoms with Gasteiger partial charge in [0.05, 0.1) is 26.6 Å². The lowest BCUT2D eigenvalue weighted by atomic mass is 10.1. The van der Waals surface area contributed by atoms with Crippen molar-refractivity contribution in [1.29, 1.82) is 0 Å². The number of fused-ring (bicyclic) bond motifs is 1. The second-order valence-electron chi connectivity index (χ2n) is 5.91. The summed E-state index contributed by atoms with van der Waals surface area (Å²) in [4.78, 5) is 9.25. The highest BCUT2D eigenvalue weighted by Gasteiger charge is 2.21. The first-order valence-corrected chi connectivity index (χ1v) is 7.91. The molecule has 1 saturated heterocycles. The Morgan fingerprint density at radius 1 is 1.50 bits per heavy atom. The molecule has 5 heteroatoms. The van der Waals surface area contributed by atoms with Crippen LogP contribution >= 0.6 is 11.3 Å². The molecule has 1 aromatic heterocycles. The molecular weight excluding hydrogens is 268 g/mol. The third kappa shape index (κ3) is 2.60. The quantitative estimate of drug-likeness (QED) is 0.883. The minimum Gasteiger partial charge on any atom is -0.397 e. The molecule has 2 heterocycles. The third-order valence-corrected chi connectivity index (χ3v) is 5.01. The monoisotopic (exact) mass is 290 g/mol. The minimum atomic E-state index is 0.734. The van der Waals surface area contributed by atoms with Crippen LogP contribution in [0.4, 0.5) is 11.4 Å². The standard InChI is InChI=1S/C15H22N4S/c1-10-17-13-7-14(12(16)6-15(13)20-10)19(3)9-11-4-5-18(2)8-11/h6-7,11H,4-5,8-9,16H2,1-3H3.